The van der Waals surface area contributed by atoms with Crippen molar-refractivity contribution >= 4 is 42.1 Å². The Morgan fingerprint density at radius 1 is 1.22 bits per heavy atom. The molecule has 1 amide bonds. The molecule has 1 aliphatic heterocycles. The highest BCUT2D eigenvalue weighted by Gasteiger charge is 2.11. The molecule has 2 aromatic rings. The molecule has 1 aromatic carbocycles. The van der Waals surface area contributed by atoms with Gasteiger partial charge in [-0.25, -0.2) is 4.98 Å². The first-order valence-electron chi connectivity index (χ1n) is 7.32. The minimum absolute atomic E-state index is 0. The summed E-state index contributed by atoms with van der Waals surface area (Å²) >= 11 is 1.62. The molecular formula is C16H21Cl2N3OS. The van der Waals surface area contributed by atoms with E-state index in [4.69, 9.17) is 0 Å². The average molecular weight is 374 g/mol. The van der Waals surface area contributed by atoms with Gasteiger partial charge in [-0.05, 0) is 49.2 Å². The Bertz CT molecular complexity index is 620. The van der Waals surface area contributed by atoms with Gasteiger partial charge >= 0.3 is 0 Å². The van der Waals surface area contributed by atoms with Crippen LogP contribution < -0.4 is 10.6 Å². The predicted octanol–water partition coefficient (Wildman–Crippen LogP) is 2.65. The number of amides is 1. The van der Waals surface area contributed by atoms with E-state index < -0.39 is 0 Å². The van der Waals surface area contributed by atoms with Crippen molar-refractivity contribution in [2.45, 2.75) is 19.3 Å². The van der Waals surface area contributed by atoms with Crippen molar-refractivity contribution in [2.75, 3.05) is 19.6 Å². The fraction of sp³-hybridized carbons (Fsp3) is 0.375. The minimum atomic E-state index is 0. The maximum atomic E-state index is 12.2. The molecular weight excluding hydrogens is 353 g/mol. The van der Waals surface area contributed by atoms with E-state index in [-0.39, 0.29) is 30.7 Å². The number of hydrogen-bond acceptors (Lipinski definition) is 4. The van der Waals surface area contributed by atoms with Crippen LogP contribution in [0.15, 0.2) is 29.8 Å². The summed E-state index contributed by atoms with van der Waals surface area (Å²) in [6.07, 6.45) is 4.62. The van der Waals surface area contributed by atoms with Crippen LogP contribution in [0, 0.1) is 0 Å². The SMILES string of the molecule is Cl.Cl.O=C(NCCc1nccs1)c1ccc2c(c1)CCNCC2. The molecule has 7 heteroatoms. The molecule has 0 fully saturated rings. The van der Waals surface area contributed by atoms with Crippen molar-refractivity contribution in [1.82, 2.24) is 15.6 Å². The Labute approximate surface area is 152 Å². The molecule has 0 saturated carbocycles. The van der Waals surface area contributed by atoms with Crippen molar-refractivity contribution < 1.29 is 4.79 Å². The first-order valence-corrected chi connectivity index (χ1v) is 8.20. The van der Waals surface area contributed by atoms with Gasteiger partial charge in [0.1, 0.15) is 0 Å². The summed E-state index contributed by atoms with van der Waals surface area (Å²) in [5.74, 6) is 0.00608. The number of thiazole rings is 1. The van der Waals surface area contributed by atoms with Crippen LogP contribution in [0.3, 0.4) is 0 Å². The minimum Gasteiger partial charge on any atom is -0.352 e. The lowest BCUT2D eigenvalue weighted by Crippen LogP contribution is -2.25. The number of carbonyl (C=O) groups excluding carboxylic acids is 1. The van der Waals surface area contributed by atoms with E-state index in [1.165, 1.54) is 11.1 Å². The van der Waals surface area contributed by atoms with E-state index in [9.17, 15) is 4.79 Å². The molecule has 1 aliphatic rings. The Kier molecular flexibility index (Phi) is 8.55. The predicted molar refractivity (Wildman–Crippen MR) is 99.4 cm³/mol. The van der Waals surface area contributed by atoms with Crippen LogP contribution in [-0.4, -0.2) is 30.5 Å². The highest BCUT2D eigenvalue weighted by atomic mass is 35.5. The molecule has 0 atom stereocenters. The second-order valence-corrected chi connectivity index (χ2v) is 6.14. The summed E-state index contributed by atoms with van der Waals surface area (Å²) in [5.41, 5.74) is 3.42. The van der Waals surface area contributed by atoms with Gasteiger partial charge < -0.3 is 10.6 Å². The van der Waals surface area contributed by atoms with Crippen molar-refractivity contribution in [3.8, 4) is 0 Å². The number of nitrogens with one attached hydrogen (secondary N) is 2. The summed E-state index contributed by atoms with van der Waals surface area (Å²) < 4.78 is 0. The van der Waals surface area contributed by atoms with Crippen molar-refractivity contribution in [2.24, 2.45) is 0 Å². The zero-order valence-corrected chi connectivity index (χ0v) is 15.2. The fourth-order valence-electron chi connectivity index (χ4n) is 2.58. The molecule has 4 nitrogen and oxygen atoms in total. The van der Waals surface area contributed by atoms with E-state index in [2.05, 4.69) is 21.7 Å². The zero-order chi connectivity index (χ0) is 14.5. The molecule has 0 spiro atoms. The van der Waals surface area contributed by atoms with Crippen LogP contribution in [0.1, 0.15) is 26.5 Å². The van der Waals surface area contributed by atoms with E-state index in [1.54, 1.807) is 17.5 Å². The largest absolute Gasteiger partial charge is 0.352 e. The number of fused-ring (bicyclic) bond motifs is 1. The van der Waals surface area contributed by atoms with Gasteiger partial charge in [-0.15, -0.1) is 36.2 Å². The van der Waals surface area contributed by atoms with Gasteiger partial charge in [-0.1, -0.05) is 6.07 Å². The van der Waals surface area contributed by atoms with Crippen LogP contribution in [0.4, 0.5) is 0 Å². The standard InChI is InChI=1S/C16H19N3OS.2ClH/c20-16(19-8-5-15-18-9-10-21-15)14-2-1-12-3-6-17-7-4-13(12)11-14;;/h1-2,9-11,17H,3-8H2,(H,19,20);2*1H. The summed E-state index contributed by atoms with van der Waals surface area (Å²) in [6, 6.07) is 6.07. The Balaban J connectivity index is 0.00000132. The summed E-state index contributed by atoms with van der Waals surface area (Å²) in [7, 11) is 0. The number of rotatable bonds is 4. The molecule has 0 unspecified atom stereocenters. The van der Waals surface area contributed by atoms with Crippen molar-refractivity contribution in [1.29, 1.82) is 0 Å². The summed E-state index contributed by atoms with van der Waals surface area (Å²) in [5, 5.41) is 9.37. The van der Waals surface area contributed by atoms with Gasteiger partial charge in [0.25, 0.3) is 5.91 Å². The van der Waals surface area contributed by atoms with E-state index in [0.29, 0.717) is 6.54 Å². The number of halogens is 2. The molecule has 23 heavy (non-hydrogen) atoms. The Morgan fingerprint density at radius 2 is 2.00 bits per heavy atom. The molecule has 2 N–H and O–H groups in total. The first-order chi connectivity index (χ1) is 10.3. The van der Waals surface area contributed by atoms with Gasteiger partial charge in [0, 0.05) is 30.1 Å². The van der Waals surface area contributed by atoms with E-state index in [0.717, 1.165) is 42.9 Å². The maximum Gasteiger partial charge on any atom is 0.251 e. The van der Waals surface area contributed by atoms with Gasteiger partial charge in [0.2, 0.25) is 0 Å². The fourth-order valence-corrected chi connectivity index (χ4v) is 3.20. The van der Waals surface area contributed by atoms with E-state index in [1.807, 2.05) is 17.5 Å². The topological polar surface area (TPSA) is 54.0 Å². The van der Waals surface area contributed by atoms with Crippen LogP contribution in [0.2, 0.25) is 0 Å². The highest BCUT2D eigenvalue weighted by molar-refractivity contribution is 7.09. The second kappa shape index (κ2) is 9.88. The Morgan fingerprint density at radius 3 is 2.74 bits per heavy atom. The average Bonchev–Trinajstić information content (AvgIpc) is 2.90. The van der Waals surface area contributed by atoms with Gasteiger partial charge in [-0.3, -0.25) is 4.79 Å². The lowest BCUT2D eigenvalue weighted by molar-refractivity contribution is 0.0954. The molecule has 1 aromatic heterocycles. The zero-order valence-electron chi connectivity index (χ0n) is 12.7. The maximum absolute atomic E-state index is 12.2. The lowest BCUT2D eigenvalue weighted by Gasteiger charge is -2.09. The normalized spacial score (nSPS) is 13.0. The van der Waals surface area contributed by atoms with Gasteiger partial charge in [-0.2, -0.15) is 0 Å². The number of benzene rings is 1. The lowest BCUT2D eigenvalue weighted by atomic mass is 10.00. The molecule has 126 valence electrons. The molecule has 0 bridgehead atoms. The molecule has 0 radical (unpaired) electrons. The second-order valence-electron chi connectivity index (χ2n) is 5.17. The third-order valence-corrected chi connectivity index (χ3v) is 4.56. The van der Waals surface area contributed by atoms with Gasteiger partial charge in [0.15, 0.2) is 0 Å². The number of hydrogen-bond donors (Lipinski definition) is 2. The van der Waals surface area contributed by atoms with E-state index >= 15 is 0 Å². The van der Waals surface area contributed by atoms with Crippen LogP contribution >= 0.6 is 36.2 Å². The smallest absolute Gasteiger partial charge is 0.251 e. The third kappa shape index (κ3) is 5.46. The molecule has 2 heterocycles. The molecule has 0 aliphatic carbocycles. The molecule has 0 saturated heterocycles. The number of carbonyl (C=O) groups is 1. The van der Waals surface area contributed by atoms with Gasteiger partial charge in [0.05, 0.1) is 5.01 Å². The van der Waals surface area contributed by atoms with Crippen LogP contribution in [0.5, 0.6) is 0 Å². The highest BCUT2D eigenvalue weighted by Crippen LogP contribution is 2.15. The quantitative estimate of drug-likeness (QED) is 0.865. The number of nitrogens with zero attached hydrogens (tertiary/aromatic N) is 1. The first kappa shape index (κ1) is 19.9. The Hall–Kier alpha value is -1.14. The van der Waals surface area contributed by atoms with Crippen molar-refractivity contribution in [3.63, 3.8) is 0 Å². The molecule has 3 rings (SSSR count). The monoisotopic (exact) mass is 373 g/mol. The summed E-state index contributed by atoms with van der Waals surface area (Å²) in [4.78, 5) is 16.4. The van der Waals surface area contributed by atoms with Crippen molar-refractivity contribution in [3.05, 3.63) is 51.5 Å². The van der Waals surface area contributed by atoms with Crippen LogP contribution in [0.25, 0.3) is 0 Å². The summed E-state index contributed by atoms with van der Waals surface area (Å²) in [6.45, 7) is 2.64. The third-order valence-electron chi connectivity index (χ3n) is 3.72. The number of aromatic nitrogens is 1. The van der Waals surface area contributed by atoms with Crippen LogP contribution in [-0.2, 0) is 19.3 Å².